The number of hydrogen-bond acceptors (Lipinski definition) is 7. The molecule has 1 aromatic carbocycles. The third-order valence-corrected chi connectivity index (χ3v) is 9.13. The van der Waals surface area contributed by atoms with Crippen molar-refractivity contribution in [3.05, 3.63) is 48.0 Å². The normalized spacial score (nSPS) is 26.3. The molecule has 0 aromatic heterocycles. The lowest BCUT2D eigenvalue weighted by atomic mass is 10.1. The number of carbonyl (C=O) groups excluding carboxylic acids is 4. The molecule has 44 heavy (non-hydrogen) atoms. The molecule has 4 N–H and O–H groups in total. The minimum atomic E-state index is -4.20. The molecular formula is C31H45N5O7S. The Balaban J connectivity index is 1.47. The molecule has 0 bridgehead atoms. The van der Waals surface area contributed by atoms with Crippen molar-refractivity contribution in [3.8, 4) is 0 Å². The molecule has 1 aromatic rings. The van der Waals surface area contributed by atoms with Crippen LogP contribution in [0, 0.1) is 5.92 Å². The van der Waals surface area contributed by atoms with Gasteiger partial charge in [0.25, 0.3) is 11.8 Å². The number of fused-ring (bicyclic) bond motifs is 2. The molecule has 0 unspecified atom stereocenters. The highest BCUT2D eigenvalue weighted by Gasteiger charge is 2.61. The number of nitrogens with one attached hydrogen (secondary N) is 4. The number of hydrogen-bond donors (Lipinski definition) is 4. The Morgan fingerprint density at radius 1 is 1.07 bits per heavy atom. The van der Waals surface area contributed by atoms with Gasteiger partial charge in [0.15, 0.2) is 6.10 Å². The molecule has 2 fully saturated rings. The number of rotatable bonds is 7. The number of alkyl carbamates (subject to hydrolysis) is 1. The quantitative estimate of drug-likeness (QED) is 0.336. The summed E-state index contributed by atoms with van der Waals surface area (Å²) < 4.78 is 35.6. The number of allylic oxidation sites excluding steroid dienone is 1. The minimum absolute atomic E-state index is 0.0888. The van der Waals surface area contributed by atoms with E-state index in [0.29, 0.717) is 45.1 Å². The van der Waals surface area contributed by atoms with E-state index in [9.17, 15) is 27.6 Å². The van der Waals surface area contributed by atoms with Gasteiger partial charge in [0.05, 0.1) is 0 Å². The van der Waals surface area contributed by atoms with Crippen molar-refractivity contribution in [1.82, 2.24) is 25.0 Å². The molecule has 2 heterocycles. The van der Waals surface area contributed by atoms with Gasteiger partial charge in [0, 0.05) is 24.5 Å². The van der Waals surface area contributed by atoms with Crippen LogP contribution in [0.2, 0.25) is 0 Å². The van der Waals surface area contributed by atoms with Gasteiger partial charge in [-0.3, -0.25) is 14.4 Å². The van der Waals surface area contributed by atoms with Crippen LogP contribution in [-0.2, 0) is 35.8 Å². The largest absolute Gasteiger partial charge is 0.436 e. The molecule has 13 heteroatoms. The third-order valence-electron chi connectivity index (χ3n) is 8.09. The average molecular weight is 632 g/mol. The Hall–Kier alpha value is -3.45. The first-order valence-electron chi connectivity index (χ1n) is 15.4. The lowest BCUT2D eigenvalue weighted by Crippen LogP contribution is -2.58. The molecular weight excluding hydrogens is 586 g/mol. The first kappa shape index (κ1) is 33.4. The first-order chi connectivity index (χ1) is 20.8. The van der Waals surface area contributed by atoms with Crippen LogP contribution in [0.4, 0.5) is 4.79 Å². The Bertz CT molecular complexity index is 1340. The number of benzene rings is 1. The average Bonchev–Trinajstić information content (AvgIpc) is 3.40. The van der Waals surface area contributed by atoms with Gasteiger partial charge >= 0.3 is 16.3 Å². The van der Waals surface area contributed by atoms with E-state index in [1.165, 1.54) is 4.90 Å². The molecule has 4 amide bonds. The van der Waals surface area contributed by atoms with Crippen molar-refractivity contribution < 1.29 is 32.3 Å². The predicted molar refractivity (Wildman–Crippen MR) is 164 cm³/mol. The molecule has 1 saturated carbocycles. The second-order valence-electron chi connectivity index (χ2n) is 12.9. The van der Waals surface area contributed by atoms with Crippen molar-refractivity contribution >= 4 is 34.0 Å². The van der Waals surface area contributed by atoms with E-state index in [4.69, 9.17) is 4.74 Å². The highest BCUT2D eigenvalue weighted by Crippen LogP contribution is 2.45. The fraction of sp³-hybridized carbons (Fsp3) is 0.613. The maximum atomic E-state index is 13.7. The van der Waals surface area contributed by atoms with Crippen LogP contribution in [0.1, 0.15) is 77.7 Å². The molecule has 12 nitrogen and oxygen atoms in total. The summed E-state index contributed by atoms with van der Waals surface area (Å²) >= 11 is 0. The van der Waals surface area contributed by atoms with Gasteiger partial charge in [-0.05, 0) is 77.7 Å². The Morgan fingerprint density at radius 2 is 1.82 bits per heavy atom. The smallest absolute Gasteiger partial charge is 0.408 e. The zero-order valence-corrected chi connectivity index (χ0v) is 26.6. The second kappa shape index (κ2) is 14.1. The van der Waals surface area contributed by atoms with Crippen molar-refractivity contribution in [3.63, 3.8) is 0 Å². The van der Waals surface area contributed by atoms with Crippen LogP contribution in [-0.4, -0.2) is 73.4 Å². The highest BCUT2D eigenvalue weighted by atomic mass is 32.2. The predicted octanol–water partition coefficient (Wildman–Crippen LogP) is 2.46. The molecule has 2 aliphatic heterocycles. The molecule has 1 saturated heterocycles. The van der Waals surface area contributed by atoms with Crippen LogP contribution in [0.25, 0.3) is 0 Å². The summed E-state index contributed by atoms with van der Waals surface area (Å²) in [7, 11) is -4.20. The standard InChI is InChI=1S/C31H45N5O7S/c1-30(2,3)34-29(40)43-25-17-11-6-4-5-10-15-23-21-31(23,33-26(37)24-16-12-20-36(24)27(25)38)28(39)35-44(41,42)32-19-18-22-13-8-7-9-14-22/h7-10,13-15,23-25,32H,4-6,11-12,16-21H2,1-3H3,(H,33,37)(H,34,40)(H,35,39)/t23-,24+,25+,31-/m1/s1. The topological polar surface area (TPSA) is 163 Å². The molecule has 4 rings (SSSR count). The van der Waals surface area contributed by atoms with Crippen LogP contribution < -0.4 is 20.1 Å². The maximum absolute atomic E-state index is 13.7. The number of carbonyl (C=O) groups is 4. The van der Waals surface area contributed by atoms with E-state index < -0.39 is 57.2 Å². The molecule has 3 aliphatic rings. The Kier molecular flexibility index (Phi) is 10.7. The van der Waals surface area contributed by atoms with Gasteiger partial charge in [-0.1, -0.05) is 48.9 Å². The van der Waals surface area contributed by atoms with Gasteiger partial charge in [-0.2, -0.15) is 13.1 Å². The lowest BCUT2D eigenvalue weighted by Gasteiger charge is -2.30. The van der Waals surface area contributed by atoms with E-state index in [2.05, 4.69) is 20.1 Å². The summed E-state index contributed by atoms with van der Waals surface area (Å²) in [5.74, 6) is -2.20. The van der Waals surface area contributed by atoms with Crippen LogP contribution >= 0.6 is 0 Å². The monoisotopic (exact) mass is 631 g/mol. The fourth-order valence-corrected chi connectivity index (χ4v) is 6.59. The summed E-state index contributed by atoms with van der Waals surface area (Å²) in [6.45, 7) is 5.82. The van der Waals surface area contributed by atoms with Crippen LogP contribution in [0.3, 0.4) is 0 Å². The summed E-state index contributed by atoms with van der Waals surface area (Å²) in [5, 5.41) is 5.53. The van der Waals surface area contributed by atoms with E-state index in [1.807, 2.05) is 63.3 Å². The van der Waals surface area contributed by atoms with Crippen molar-refractivity contribution in [1.29, 1.82) is 0 Å². The lowest BCUT2D eigenvalue weighted by molar-refractivity contribution is -0.146. The van der Waals surface area contributed by atoms with Crippen LogP contribution in [0.5, 0.6) is 0 Å². The SMILES string of the molecule is CC(C)(C)NC(=O)O[C@H]1CCCCCC=C[C@@H]2C[C@@]2(C(=O)NS(=O)(=O)NCCc2ccccc2)NC(=O)[C@@H]2CCCN2C1=O. The molecule has 1 aliphatic carbocycles. The zero-order valence-electron chi connectivity index (χ0n) is 25.8. The van der Waals surface area contributed by atoms with Gasteiger partial charge in [0.1, 0.15) is 11.6 Å². The van der Waals surface area contributed by atoms with Gasteiger partial charge in [-0.15, -0.1) is 0 Å². The Morgan fingerprint density at radius 3 is 2.55 bits per heavy atom. The molecule has 242 valence electrons. The summed E-state index contributed by atoms with van der Waals surface area (Å²) in [4.78, 5) is 54.8. The molecule has 0 radical (unpaired) electrons. The first-order valence-corrected chi connectivity index (χ1v) is 16.9. The zero-order chi connectivity index (χ0) is 32.0. The summed E-state index contributed by atoms with van der Waals surface area (Å²) in [5.41, 5.74) is -1.07. The van der Waals surface area contributed by atoms with Crippen molar-refractivity contribution in [2.24, 2.45) is 5.92 Å². The second-order valence-corrected chi connectivity index (χ2v) is 14.4. The fourth-order valence-electron chi connectivity index (χ4n) is 5.72. The molecule has 0 spiro atoms. The van der Waals surface area contributed by atoms with Crippen LogP contribution in [0.15, 0.2) is 42.5 Å². The number of amides is 4. The van der Waals surface area contributed by atoms with Crippen molar-refractivity contribution in [2.45, 2.75) is 102 Å². The maximum Gasteiger partial charge on any atom is 0.408 e. The highest BCUT2D eigenvalue weighted by molar-refractivity contribution is 7.88. The number of ether oxygens (including phenoxy) is 1. The summed E-state index contributed by atoms with van der Waals surface area (Å²) in [6, 6.07) is 8.48. The molecule has 4 atom stereocenters. The van der Waals surface area contributed by atoms with Gasteiger partial charge in [-0.25, -0.2) is 9.52 Å². The minimum Gasteiger partial charge on any atom is -0.436 e. The van der Waals surface area contributed by atoms with E-state index in [0.717, 1.165) is 18.4 Å². The van der Waals surface area contributed by atoms with Gasteiger partial charge in [0.2, 0.25) is 5.91 Å². The number of nitrogens with zero attached hydrogens (tertiary/aromatic N) is 1. The van der Waals surface area contributed by atoms with Crippen molar-refractivity contribution in [2.75, 3.05) is 13.1 Å². The van der Waals surface area contributed by atoms with E-state index in [1.54, 1.807) is 0 Å². The third kappa shape index (κ3) is 9.04. The van der Waals surface area contributed by atoms with E-state index >= 15 is 0 Å². The van der Waals surface area contributed by atoms with E-state index in [-0.39, 0.29) is 18.9 Å². The Labute approximate surface area is 259 Å². The summed E-state index contributed by atoms with van der Waals surface area (Å²) in [6.07, 6.45) is 6.96. The van der Waals surface area contributed by atoms with Gasteiger partial charge < -0.3 is 20.3 Å².